The number of Topliss-reactive ketones (excluding diaryl/α,β-unsaturated/α-hetero) is 1. The highest BCUT2D eigenvalue weighted by atomic mass is 16.2. The molecule has 0 aliphatic carbocycles. The zero-order valence-electron chi connectivity index (χ0n) is 25.9. The van der Waals surface area contributed by atoms with Gasteiger partial charge in [0, 0.05) is 24.1 Å². The molecule has 37 heavy (non-hydrogen) atoms. The third-order valence-corrected chi connectivity index (χ3v) is 6.76. The second-order valence-corrected chi connectivity index (χ2v) is 11.4. The molecule has 0 spiro atoms. The summed E-state index contributed by atoms with van der Waals surface area (Å²) >= 11 is 0. The van der Waals surface area contributed by atoms with Crippen molar-refractivity contribution in [2.24, 2.45) is 0 Å². The zero-order valence-corrected chi connectivity index (χ0v) is 25.9. The average molecular weight is 512 g/mol. The van der Waals surface area contributed by atoms with E-state index >= 15 is 0 Å². The van der Waals surface area contributed by atoms with Gasteiger partial charge in [0.15, 0.2) is 0 Å². The molecule has 0 aromatic rings. The fourth-order valence-corrected chi connectivity index (χ4v) is 4.44. The van der Waals surface area contributed by atoms with Crippen molar-refractivity contribution in [3.8, 4) is 0 Å². The normalized spacial score (nSPS) is 14.1. The van der Waals surface area contributed by atoms with E-state index in [1.165, 1.54) is 22.3 Å². The largest absolute Gasteiger partial charge is 0.334 e. The van der Waals surface area contributed by atoms with Crippen LogP contribution >= 0.6 is 0 Å². The Balaban J connectivity index is 4.36. The van der Waals surface area contributed by atoms with E-state index in [0.29, 0.717) is 6.42 Å². The van der Waals surface area contributed by atoms with Gasteiger partial charge in [0.1, 0.15) is 5.78 Å². The monoisotopic (exact) mass is 511 g/mol. The summed E-state index contributed by atoms with van der Waals surface area (Å²) < 4.78 is 0. The van der Waals surface area contributed by atoms with E-state index in [0.717, 1.165) is 63.4 Å². The number of carbonyl (C=O) groups is 2. The molecule has 0 fully saturated rings. The van der Waals surface area contributed by atoms with Gasteiger partial charge in [0.05, 0.1) is 0 Å². The van der Waals surface area contributed by atoms with E-state index in [1.807, 2.05) is 11.8 Å². The van der Waals surface area contributed by atoms with Gasteiger partial charge in [0.2, 0.25) is 5.91 Å². The summed E-state index contributed by atoms with van der Waals surface area (Å²) in [4.78, 5) is 25.7. The summed E-state index contributed by atoms with van der Waals surface area (Å²) in [5.74, 6) is 0.424. The molecule has 210 valence electrons. The Morgan fingerprint density at radius 2 is 0.811 bits per heavy atom. The van der Waals surface area contributed by atoms with E-state index in [9.17, 15) is 9.59 Å². The Morgan fingerprint density at radius 3 is 1.11 bits per heavy atom. The predicted octanol–water partition coefficient (Wildman–Crippen LogP) is 9.85. The van der Waals surface area contributed by atoms with Crippen molar-refractivity contribution in [3.63, 3.8) is 0 Å². The first-order chi connectivity index (χ1) is 17.3. The standard InChI is InChI=1S/C34H57NO2/c1-26(2)35(27(3)4)34(37)32(9)24-14-22-30(7)20-12-18-28(5)16-11-17-29(6)19-13-21-31(8)23-15-25-33(10)36/h16,19-20,23-24,26-27H,11-15,17-18,21-22,25H2,1-10H3. The fourth-order valence-electron chi connectivity index (χ4n) is 4.44. The topological polar surface area (TPSA) is 37.4 Å². The van der Waals surface area contributed by atoms with Crippen LogP contribution in [0.25, 0.3) is 0 Å². The van der Waals surface area contributed by atoms with Crippen LogP contribution in [0.15, 0.2) is 58.2 Å². The van der Waals surface area contributed by atoms with Crippen LogP contribution in [0.3, 0.4) is 0 Å². The van der Waals surface area contributed by atoms with Gasteiger partial charge in [-0.15, -0.1) is 0 Å². The molecule has 3 heteroatoms. The highest BCUT2D eigenvalue weighted by Crippen LogP contribution is 2.16. The second-order valence-electron chi connectivity index (χ2n) is 11.4. The molecule has 0 atom stereocenters. The molecular formula is C34H57NO2. The summed E-state index contributed by atoms with van der Waals surface area (Å²) in [7, 11) is 0. The Hall–Kier alpha value is -2.16. The third kappa shape index (κ3) is 17.8. The number of rotatable bonds is 18. The molecule has 0 saturated heterocycles. The lowest BCUT2D eigenvalue weighted by atomic mass is 10.0. The van der Waals surface area contributed by atoms with Crippen LogP contribution in [0.1, 0.15) is 133 Å². The van der Waals surface area contributed by atoms with Crippen LogP contribution in [-0.4, -0.2) is 28.7 Å². The lowest BCUT2D eigenvalue weighted by Gasteiger charge is -2.31. The molecule has 0 unspecified atom stereocenters. The Morgan fingerprint density at radius 1 is 0.514 bits per heavy atom. The molecule has 0 heterocycles. The van der Waals surface area contributed by atoms with E-state index in [4.69, 9.17) is 0 Å². The SMILES string of the molecule is CC(=O)CCC=C(C)CCC=C(C)CCC=C(C)CCC=C(C)CCC=C(C)C(=O)N(C(C)C)C(C)C. The molecule has 0 N–H and O–H groups in total. The van der Waals surface area contributed by atoms with E-state index in [1.54, 1.807) is 6.92 Å². The highest BCUT2D eigenvalue weighted by Gasteiger charge is 2.20. The summed E-state index contributed by atoms with van der Waals surface area (Å²) in [6.45, 7) is 20.8. The Labute approximate surface area is 229 Å². The smallest absolute Gasteiger partial charge is 0.249 e. The molecule has 0 rings (SSSR count). The number of amides is 1. The van der Waals surface area contributed by atoms with Crippen molar-refractivity contribution in [3.05, 3.63) is 58.2 Å². The number of allylic oxidation sites excluding steroid dienone is 9. The predicted molar refractivity (Wildman–Crippen MR) is 163 cm³/mol. The second kappa shape index (κ2) is 19.9. The van der Waals surface area contributed by atoms with Crippen LogP contribution in [0.4, 0.5) is 0 Å². The molecule has 0 aromatic heterocycles. The van der Waals surface area contributed by atoms with Gasteiger partial charge in [-0.3, -0.25) is 4.79 Å². The quantitative estimate of drug-likeness (QED) is 0.136. The maximum absolute atomic E-state index is 12.7. The number of carbonyl (C=O) groups excluding carboxylic acids is 2. The third-order valence-electron chi connectivity index (χ3n) is 6.76. The molecule has 3 nitrogen and oxygen atoms in total. The molecule has 1 amide bonds. The summed E-state index contributed by atoms with van der Waals surface area (Å²) in [6.07, 6.45) is 21.4. The Bertz CT molecular complexity index is 841. The van der Waals surface area contributed by atoms with Gasteiger partial charge < -0.3 is 9.69 Å². The van der Waals surface area contributed by atoms with Crippen molar-refractivity contribution >= 4 is 11.7 Å². The number of nitrogens with zero attached hydrogens (tertiary/aromatic N) is 1. The first-order valence-electron chi connectivity index (χ1n) is 14.5. The lowest BCUT2D eigenvalue weighted by molar-refractivity contribution is -0.130. The van der Waals surface area contributed by atoms with Crippen molar-refractivity contribution in [2.45, 2.75) is 146 Å². The van der Waals surface area contributed by atoms with Crippen LogP contribution in [-0.2, 0) is 9.59 Å². The number of ketones is 1. The molecule has 0 bridgehead atoms. The van der Waals surface area contributed by atoms with Crippen molar-refractivity contribution in [2.75, 3.05) is 0 Å². The van der Waals surface area contributed by atoms with Gasteiger partial charge >= 0.3 is 0 Å². The van der Waals surface area contributed by atoms with Gasteiger partial charge in [-0.1, -0.05) is 52.7 Å². The van der Waals surface area contributed by atoms with Gasteiger partial charge in [0.25, 0.3) is 0 Å². The van der Waals surface area contributed by atoms with Gasteiger partial charge in [-0.05, 0) is 127 Å². The average Bonchev–Trinajstić information content (AvgIpc) is 2.78. The molecule has 0 aliphatic heterocycles. The number of hydrogen-bond acceptors (Lipinski definition) is 2. The summed E-state index contributed by atoms with van der Waals surface area (Å²) in [6, 6.07) is 0.436. The van der Waals surface area contributed by atoms with Crippen LogP contribution in [0.5, 0.6) is 0 Å². The fraction of sp³-hybridized carbons (Fsp3) is 0.647. The maximum Gasteiger partial charge on any atom is 0.249 e. The molecule has 0 saturated carbocycles. The van der Waals surface area contributed by atoms with E-state index < -0.39 is 0 Å². The first-order valence-corrected chi connectivity index (χ1v) is 14.5. The van der Waals surface area contributed by atoms with Gasteiger partial charge in [-0.2, -0.15) is 0 Å². The highest BCUT2D eigenvalue weighted by molar-refractivity contribution is 5.93. The van der Waals surface area contributed by atoms with Crippen LogP contribution in [0, 0.1) is 0 Å². The van der Waals surface area contributed by atoms with Crippen LogP contribution in [0.2, 0.25) is 0 Å². The Kier molecular flexibility index (Phi) is 18.7. The minimum Gasteiger partial charge on any atom is -0.334 e. The van der Waals surface area contributed by atoms with Crippen molar-refractivity contribution < 1.29 is 9.59 Å². The molecular weight excluding hydrogens is 454 g/mol. The molecule has 0 radical (unpaired) electrons. The number of hydrogen-bond donors (Lipinski definition) is 0. The van der Waals surface area contributed by atoms with Crippen molar-refractivity contribution in [1.82, 2.24) is 4.90 Å². The van der Waals surface area contributed by atoms with Crippen LogP contribution < -0.4 is 0 Å². The van der Waals surface area contributed by atoms with Crippen molar-refractivity contribution in [1.29, 1.82) is 0 Å². The lowest BCUT2D eigenvalue weighted by Crippen LogP contribution is -2.42. The maximum atomic E-state index is 12.7. The van der Waals surface area contributed by atoms with E-state index in [-0.39, 0.29) is 23.8 Å². The minimum atomic E-state index is 0.158. The summed E-state index contributed by atoms with van der Waals surface area (Å²) in [5, 5.41) is 0. The first kappa shape index (κ1) is 34.8. The molecule has 0 aromatic carbocycles. The molecule has 0 aliphatic rings. The zero-order chi connectivity index (χ0) is 28.4. The van der Waals surface area contributed by atoms with E-state index in [2.05, 4.69) is 85.8 Å². The van der Waals surface area contributed by atoms with Gasteiger partial charge in [-0.25, -0.2) is 0 Å². The summed E-state index contributed by atoms with van der Waals surface area (Å²) in [5.41, 5.74) is 6.56. The minimum absolute atomic E-state index is 0.158.